The molecule has 0 saturated carbocycles. The predicted molar refractivity (Wildman–Crippen MR) is 71.3 cm³/mol. The minimum atomic E-state index is 0.436. The molecular weight excluding hydrogens is 302 g/mol. The summed E-state index contributed by atoms with van der Waals surface area (Å²) >= 11 is 4.87. The zero-order valence-corrected chi connectivity index (χ0v) is 11.5. The van der Waals surface area contributed by atoms with E-state index in [-0.39, 0.29) is 0 Å². The molecule has 1 aromatic carbocycles. The van der Waals surface area contributed by atoms with Gasteiger partial charge in [0.1, 0.15) is 22.9 Å². The first-order chi connectivity index (χ1) is 8.20. The van der Waals surface area contributed by atoms with Gasteiger partial charge in [-0.25, -0.2) is 9.97 Å². The summed E-state index contributed by atoms with van der Waals surface area (Å²) in [6.07, 6.45) is 1.45. The number of anilines is 1. The molecular formula is C11H10BrN3OS. The molecule has 0 aliphatic carbocycles. The smallest absolute Gasteiger partial charge is 0.142 e. The fourth-order valence-corrected chi connectivity index (χ4v) is 2.50. The monoisotopic (exact) mass is 311 g/mol. The number of nitrogens with zero attached hydrogens (tertiary/aromatic N) is 2. The second-order valence-corrected chi connectivity index (χ2v) is 5.01. The Labute approximate surface area is 112 Å². The van der Waals surface area contributed by atoms with Crippen LogP contribution in [-0.2, 0) is 0 Å². The van der Waals surface area contributed by atoms with E-state index < -0.39 is 0 Å². The Hall–Kier alpha value is -1.27. The molecule has 0 bridgehead atoms. The predicted octanol–water partition coefficient (Wildman–Crippen LogP) is 2.98. The van der Waals surface area contributed by atoms with Crippen molar-refractivity contribution in [3.63, 3.8) is 0 Å². The number of hydrogen-bond donors (Lipinski definition) is 1. The molecule has 0 saturated heterocycles. The highest BCUT2D eigenvalue weighted by atomic mass is 79.9. The van der Waals surface area contributed by atoms with Gasteiger partial charge in [-0.3, -0.25) is 0 Å². The summed E-state index contributed by atoms with van der Waals surface area (Å²) in [7, 11) is 1.64. The average molecular weight is 312 g/mol. The van der Waals surface area contributed by atoms with Crippen molar-refractivity contribution in [2.45, 2.75) is 9.92 Å². The molecule has 0 radical (unpaired) electrons. The minimum Gasteiger partial charge on any atom is -0.497 e. The third-order valence-corrected chi connectivity index (χ3v) is 4.08. The van der Waals surface area contributed by atoms with E-state index in [9.17, 15) is 0 Å². The van der Waals surface area contributed by atoms with Crippen molar-refractivity contribution in [2.75, 3.05) is 12.8 Å². The molecule has 17 heavy (non-hydrogen) atoms. The number of benzene rings is 1. The lowest BCUT2D eigenvalue weighted by Crippen LogP contribution is -1.94. The second-order valence-electron chi connectivity index (χ2n) is 3.16. The third-order valence-electron chi connectivity index (χ3n) is 2.04. The van der Waals surface area contributed by atoms with Crippen molar-refractivity contribution in [3.8, 4) is 5.75 Å². The summed E-state index contributed by atoms with van der Waals surface area (Å²) in [6, 6.07) is 7.75. The summed E-state index contributed by atoms with van der Waals surface area (Å²) in [6.45, 7) is 0. The van der Waals surface area contributed by atoms with Gasteiger partial charge in [-0.1, -0.05) is 17.8 Å². The first-order valence-corrected chi connectivity index (χ1v) is 6.39. The van der Waals surface area contributed by atoms with Gasteiger partial charge in [-0.15, -0.1) is 0 Å². The summed E-state index contributed by atoms with van der Waals surface area (Å²) in [4.78, 5) is 9.10. The molecule has 2 aromatic rings. The van der Waals surface area contributed by atoms with Gasteiger partial charge in [0.05, 0.1) is 11.6 Å². The Morgan fingerprint density at radius 3 is 2.94 bits per heavy atom. The van der Waals surface area contributed by atoms with E-state index in [1.807, 2.05) is 24.3 Å². The Morgan fingerprint density at radius 1 is 1.35 bits per heavy atom. The fraction of sp³-hybridized carbons (Fsp3) is 0.0909. The van der Waals surface area contributed by atoms with Crippen molar-refractivity contribution in [1.82, 2.24) is 9.97 Å². The van der Waals surface area contributed by atoms with Gasteiger partial charge in [0.25, 0.3) is 0 Å². The van der Waals surface area contributed by atoms with Gasteiger partial charge in [0.15, 0.2) is 0 Å². The highest BCUT2D eigenvalue weighted by Crippen LogP contribution is 2.34. The van der Waals surface area contributed by atoms with E-state index in [2.05, 4.69) is 25.9 Å². The van der Waals surface area contributed by atoms with Gasteiger partial charge < -0.3 is 10.5 Å². The van der Waals surface area contributed by atoms with Crippen LogP contribution in [0.25, 0.3) is 0 Å². The van der Waals surface area contributed by atoms with Gasteiger partial charge in [0.2, 0.25) is 0 Å². The largest absolute Gasteiger partial charge is 0.497 e. The molecule has 0 atom stereocenters. The van der Waals surface area contributed by atoms with Crippen LogP contribution in [-0.4, -0.2) is 17.1 Å². The fourth-order valence-electron chi connectivity index (χ4n) is 1.21. The number of hydrogen-bond acceptors (Lipinski definition) is 5. The Kier molecular flexibility index (Phi) is 3.86. The highest BCUT2D eigenvalue weighted by molar-refractivity contribution is 9.10. The van der Waals surface area contributed by atoms with Crippen LogP contribution in [0.5, 0.6) is 5.75 Å². The van der Waals surface area contributed by atoms with Crippen LogP contribution in [0.1, 0.15) is 0 Å². The molecule has 0 unspecified atom stereocenters. The van der Waals surface area contributed by atoms with Crippen LogP contribution >= 0.6 is 27.7 Å². The maximum absolute atomic E-state index is 5.69. The molecule has 1 heterocycles. The molecule has 0 amide bonds. The van der Waals surface area contributed by atoms with Gasteiger partial charge >= 0.3 is 0 Å². The van der Waals surface area contributed by atoms with Crippen molar-refractivity contribution in [1.29, 1.82) is 0 Å². The maximum Gasteiger partial charge on any atom is 0.142 e. The molecule has 4 nitrogen and oxygen atoms in total. The van der Waals surface area contributed by atoms with Crippen LogP contribution in [0.4, 0.5) is 5.82 Å². The highest BCUT2D eigenvalue weighted by Gasteiger charge is 2.08. The second kappa shape index (κ2) is 5.37. The van der Waals surface area contributed by atoms with E-state index in [1.165, 1.54) is 18.1 Å². The first-order valence-electron chi connectivity index (χ1n) is 4.78. The Balaban J connectivity index is 2.28. The lowest BCUT2D eigenvalue weighted by Gasteiger charge is -2.06. The number of nitrogen functional groups attached to an aromatic ring is 1. The molecule has 0 aliphatic heterocycles. The molecule has 2 rings (SSSR count). The lowest BCUT2D eigenvalue weighted by atomic mass is 10.3. The molecule has 1 aromatic heterocycles. The molecule has 88 valence electrons. The Morgan fingerprint density at radius 2 is 2.18 bits per heavy atom. The summed E-state index contributed by atoms with van der Waals surface area (Å²) in [5.74, 6) is 1.25. The summed E-state index contributed by atoms with van der Waals surface area (Å²) in [5.41, 5.74) is 5.69. The van der Waals surface area contributed by atoms with Crippen LogP contribution in [0.3, 0.4) is 0 Å². The quantitative estimate of drug-likeness (QED) is 0.883. The van der Waals surface area contributed by atoms with Crippen LogP contribution in [0.2, 0.25) is 0 Å². The molecule has 0 spiro atoms. The van der Waals surface area contributed by atoms with E-state index in [1.54, 1.807) is 7.11 Å². The van der Waals surface area contributed by atoms with Crippen molar-refractivity contribution in [3.05, 3.63) is 35.1 Å². The topological polar surface area (TPSA) is 61.0 Å². The number of methoxy groups -OCH3 is 1. The number of halogens is 1. The number of aromatic nitrogens is 2. The summed E-state index contributed by atoms with van der Waals surface area (Å²) < 4.78 is 5.88. The number of ether oxygens (including phenoxy) is 1. The molecule has 0 aliphatic rings. The van der Waals surface area contributed by atoms with Crippen molar-refractivity contribution < 1.29 is 4.74 Å². The van der Waals surface area contributed by atoms with Crippen LogP contribution in [0, 0.1) is 0 Å². The normalized spacial score (nSPS) is 10.2. The average Bonchev–Trinajstić information content (AvgIpc) is 2.35. The van der Waals surface area contributed by atoms with Crippen molar-refractivity contribution >= 4 is 33.5 Å². The Bertz CT molecular complexity index is 536. The zero-order valence-electron chi connectivity index (χ0n) is 9.05. The lowest BCUT2D eigenvalue weighted by molar-refractivity contribution is 0.413. The molecule has 6 heteroatoms. The maximum atomic E-state index is 5.69. The molecule has 0 fully saturated rings. The standard InChI is InChI=1S/C11H10BrN3OS/c1-16-7-3-2-4-8(5-7)17-11-9(12)10(13)14-6-15-11/h2-6H,1H3,(H2,13,14,15). The van der Waals surface area contributed by atoms with Gasteiger partial charge in [0, 0.05) is 4.90 Å². The van der Waals surface area contributed by atoms with Gasteiger partial charge in [-0.05, 0) is 34.1 Å². The van der Waals surface area contributed by atoms with Crippen LogP contribution < -0.4 is 10.5 Å². The van der Waals surface area contributed by atoms with Crippen molar-refractivity contribution in [2.24, 2.45) is 0 Å². The van der Waals surface area contributed by atoms with E-state index in [4.69, 9.17) is 10.5 Å². The van der Waals surface area contributed by atoms with Gasteiger partial charge in [-0.2, -0.15) is 0 Å². The minimum absolute atomic E-state index is 0.436. The summed E-state index contributed by atoms with van der Waals surface area (Å²) in [5, 5.41) is 0.783. The van der Waals surface area contributed by atoms with E-state index in [0.29, 0.717) is 10.3 Å². The third kappa shape index (κ3) is 2.89. The van der Waals surface area contributed by atoms with Crippen LogP contribution in [0.15, 0.2) is 45.0 Å². The first kappa shape index (κ1) is 12.2. The number of rotatable bonds is 3. The zero-order chi connectivity index (χ0) is 12.3. The number of nitrogens with two attached hydrogens (primary N) is 1. The SMILES string of the molecule is COc1cccc(Sc2ncnc(N)c2Br)c1. The van der Waals surface area contributed by atoms with E-state index >= 15 is 0 Å². The van der Waals surface area contributed by atoms with E-state index in [0.717, 1.165) is 15.7 Å². The molecule has 2 N–H and O–H groups in total.